The van der Waals surface area contributed by atoms with Crippen molar-refractivity contribution < 1.29 is 9.90 Å². The zero-order valence-electron chi connectivity index (χ0n) is 9.03. The lowest BCUT2D eigenvalue weighted by Gasteiger charge is -2.10. The van der Waals surface area contributed by atoms with E-state index in [9.17, 15) is 4.79 Å². The number of carbonyl (C=O) groups excluding carboxylic acids is 1. The van der Waals surface area contributed by atoms with E-state index in [1.54, 1.807) is 19.1 Å². The molecule has 1 aromatic carbocycles. The summed E-state index contributed by atoms with van der Waals surface area (Å²) in [5, 5.41) is 12.6. The number of aliphatic hydroxyl groups is 1. The van der Waals surface area contributed by atoms with Gasteiger partial charge in [0.15, 0.2) is 0 Å². The quantitative estimate of drug-likeness (QED) is 0.726. The summed E-state index contributed by atoms with van der Waals surface area (Å²) in [5.74, 6) is -0.168. The lowest BCUT2D eigenvalue weighted by Crippen LogP contribution is -2.34. The van der Waals surface area contributed by atoms with E-state index in [0.717, 1.165) is 10.9 Å². The molecule has 3 N–H and O–H groups in total. The van der Waals surface area contributed by atoms with Gasteiger partial charge in [-0.3, -0.25) is 4.79 Å². The van der Waals surface area contributed by atoms with Crippen molar-refractivity contribution in [1.82, 2.24) is 10.3 Å². The Bertz CT molecular complexity index is 504. The monoisotopic (exact) mass is 218 g/mol. The molecule has 1 amide bonds. The van der Waals surface area contributed by atoms with Crippen molar-refractivity contribution in [2.24, 2.45) is 0 Å². The van der Waals surface area contributed by atoms with Crippen molar-refractivity contribution in [2.75, 3.05) is 6.61 Å². The van der Waals surface area contributed by atoms with E-state index < -0.39 is 0 Å². The van der Waals surface area contributed by atoms with Crippen LogP contribution in [-0.4, -0.2) is 28.6 Å². The van der Waals surface area contributed by atoms with Gasteiger partial charge in [-0.15, -0.1) is 0 Å². The van der Waals surface area contributed by atoms with Gasteiger partial charge in [0.25, 0.3) is 5.91 Å². The van der Waals surface area contributed by atoms with Crippen LogP contribution in [0, 0.1) is 0 Å². The molecule has 0 unspecified atom stereocenters. The molecule has 2 aromatic rings. The minimum absolute atomic E-state index is 0.0590. The molecule has 4 nitrogen and oxygen atoms in total. The zero-order valence-corrected chi connectivity index (χ0v) is 9.03. The molecule has 4 heteroatoms. The van der Waals surface area contributed by atoms with Gasteiger partial charge in [-0.2, -0.15) is 0 Å². The van der Waals surface area contributed by atoms with Gasteiger partial charge >= 0.3 is 0 Å². The van der Waals surface area contributed by atoms with Gasteiger partial charge in [-0.05, 0) is 30.5 Å². The van der Waals surface area contributed by atoms with Crippen LogP contribution in [0.15, 0.2) is 30.5 Å². The second kappa shape index (κ2) is 4.37. The molecule has 16 heavy (non-hydrogen) atoms. The summed E-state index contributed by atoms with van der Waals surface area (Å²) in [6.45, 7) is 1.70. The molecule has 0 aliphatic heterocycles. The number of hydrogen-bond acceptors (Lipinski definition) is 2. The van der Waals surface area contributed by atoms with Crippen molar-refractivity contribution in [1.29, 1.82) is 0 Å². The first-order valence-electron chi connectivity index (χ1n) is 5.19. The summed E-state index contributed by atoms with van der Waals surface area (Å²) in [5.41, 5.74) is 1.53. The number of aromatic amines is 1. The Morgan fingerprint density at radius 2 is 2.31 bits per heavy atom. The summed E-state index contributed by atoms with van der Waals surface area (Å²) in [7, 11) is 0. The summed E-state index contributed by atoms with van der Waals surface area (Å²) >= 11 is 0. The number of aliphatic hydroxyl groups excluding tert-OH is 1. The number of rotatable bonds is 3. The van der Waals surface area contributed by atoms with Gasteiger partial charge in [0, 0.05) is 23.3 Å². The Labute approximate surface area is 93.3 Å². The molecule has 2 rings (SSSR count). The predicted molar refractivity (Wildman–Crippen MR) is 62.3 cm³/mol. The van der Waals surface area contributed by atoms with Gasteiger partial charge < -0.3 is 15.4 Å². The van der Waals surface area contributed by atoms with Crippen molar-refractivity contribution in [3.05, 3.63) is 36.0 Å². The average Bonchev–Trinajstić information content (AvgIpc) is 2.75. The van der Waals surface area contributed by atoms with Crippen molar-refractivity contribution in [3.8, 4) is 0 Å². The van der Waals surface area contributed by atoms with E-state index in [-0.39, 0.29) is 18.6 Å². The summed E-state index contributed by atoms with van der Waals surface area (Å²) in [6.07, 6.45) is 1.84. The van der Waals surface area contributed by atoms with Gasteiger partial charge in [-0.25, -0.2) is 0 Å². The van der Waals surface area contributed by atoms with Gasteiger partial charge in [0.1, 0.15) is 0 Å². The van der Waals surface area contributed by atoms with Crippen LogP contribution in [0.3, 0.4) is 0 Å². The third kappa shape index (κ3) is 2.06. The first-order valence-corrected chi connectivity index (χ1v) is 5.19. The number of hydrogen-bond donors (Lipinski definition) is 3. The molecule has 0 aliphatic carbocycles. The zero-order chi connectivity index (χ0) is 11.5. The molecule has 0 radical (unpaired) electrons. The standard InChI is InChI=1S/C12H14N2O2/c1-8(7-15)14-12(16)10-3-2-9-4-5-13-11(9)6-10/h2-6,8,13,15H,7H2,1H3,(H,14,16)/t8-/m0/s1. The Morgan fingerprint density at radius 3 is 3.06 bits per heavy atom. The number of nitrogens with one attached hydrogen (secondary N) is 2. The molecule has 1 atom stereocenters. The second-order valence-corrected chi connectivity index (χ2v) is 3.84. The van der Waals surface area contributed by atoms with E-state index in [0.29, 0.717) is 5.56 Å². The minimum Gasteiger partial charge on any atom is -0.394 e. The fourth-order valence-electron chi connectivity index (χ4n) is 1.54. The van der Waals surface area contributed by atoms with Crippen LogP contribution in [0.2, 0.25) is 0 Å². The molecular formula is C12H14N2O2. The first-order chi connectivity index (χ1) is 7.70. The fraction of sp³-hybridized carbons (Fsp3) is 0.250. The van der Waals surface area contributed by atoms with Crippen LogP contribution >= 0.6 is 0 Å². The SMILES string of the molecule is C[C@@H](CO)NC(=O)c1ccc2cc[nH]c2c1. The van der Waals surface area contributed by atoms with E-state index >= 15 is 0 Å². The summed E-state index contributed by atoms with van der Waals surface area (Å²) in [6, 6.07) is 7.19. The number of carbonyl (C=O) groups is 1. The Balaban J connectivity index is 2.22. The largest absolute Gasteiger partial charge is 0.394 e. The summed E-state index contributed by atoms with van der Waals surface area (Å²) < 4.78 is 0. The Kier molecular flexibility index (Phi) is 2.92. The lowest BCUT2D eigenvalue weighted by atomic mass is 10.1. The van der Waals surface area contributed by atoms with E-state index in [1.807, 2.05) is 18.3 Å². The van der Waals surface area contributed by atoms with Gasteiger partial charge in [0.05, 0.1) is 6.61 Å². The highest BCUT2D eigenvalue weighted by molar-refractivity contribution is 5.98. The topological polar surface area (TPSA) is 65.1 Å². The molecule has 1 heterocycles. The molecule has 0 saturated heterocycles. The highest BCUT2D eigenvalue weighted by atomic mass is 16.3. The van der Waals surface area contributed by atoms with Crippen LogP contribution in [0.1, 0.15) is 17.3 Å². The fourth-order valence-corrected chi connectivity index (χ4v) is 1.54. The molecule has 0 spiro atoms. The molecule has 0 aliphatic rings. The molecule has 84 valence electrons. The van der Waals surface area contributed by atoms with Crippen LogP contribution in [-0.2, 0) is 0 Å². The summed E-state index contributed by atoms with van der Waals surface area (Å²) in [4.78, 5) is 14.8. The van der Waals surface area contributed by atoms with Crippen LogP contribution < -0.4 is 5.32 Å². The Hall–Kier alpha value is -1.81. The van der Waals surface area contributed by atoms with Gasteiger partial charge in [-0.1, -0.05) is 6.07 Å². The average molecular weight is 218 g/mol. The number of benzene rings is 1. The number of amides is 1. The van der Waals surface area contributed by atoms with Crippen molar-refractivity contribution in [2.45, 2.75) is 13.0 Å². The van der Waals surface area contributed by atoms with E-state index in [4.69, 9.17) is 5.11 Å². The maximum Gasteiger partial charge on any atom is 0.251 e. The third-order valence-electron chi connectivity index (χ3n) is 2.47. The van der Waals surface area contributed by atoms with E-state index in [1.165, 1.54) is 0 Å². The maximum absolute atomic E-state index is 11.7. The molecule has 0 bridgehead atoms. The van der Waals surface area contributed by atoms with Gasteiger partial charge in [0.2, 0.25) is 0 Å². The van der Waals surface area contributed by atoms with Crippen LogP contribution in [0.4, 0.5) is 0 Å². The third-order valence-corrected chi connectivity index (χ3v) is 2.47. The first kappa shape index (κ1) is 10.7. The molecule has 1 aromatic heterocycles. The van der Waals surface area contributed by atoms with Crippen LogP contribution in [0.5, 0.6) is 0 Å². The normalized spacial score (nSPS) is 12.6. The van der Waals surface area contributed by atoms with E-state index in [2.05, 4.69) is 10.3 Å². The smallest absolute Gasteiger partial charge is 0.251 e. The number of H-pyrrole nitrogens is 1. The minimum atomic E-state index is -0.230. The number of aromatic nitrogens is 1. The molecular weight excluding hydrogens is 204 g/mol. The second-order valence-electron chi connectivity index (χ2n) is 3.84. The van der Waals surface area contributed by atoms with Crippen molar-refractivity contribution in [3.63, 3.8) is 0 Å². The number of fused-ring (bicyclic) bond motifs is 1. The van der Waals surface area contributed by atoms with Crippen molar-refractivity contribution >= 4 is 16.8 Å². The molecule has 0 saturated carbocycles. The highest BCUT2D eigenvalue weighted by Crippen LogP contribution is 2.14. The highest BCUT2D eigenvalue weighted by Gasteiger charge is 2.09. The predicted octanol–water partition coefficient (Wildman–Crippen LogP) is 1.28. The van der Waals surface area contributed by atoms with Crippen LogP contribution in [0.25, 0.3) is 10.9 Å². The lowest BCUT2D eigenvalue weighted by molar-refractivity contribution is 0.0922. The molecule has 0 fully saturated rings. The maximum atomic E-state index is 11.7. The Morgan fingerprint density at radius 1 is 1.50 bits per heavy atom.